The highest BCUT2D eigenvalue weighted by Crippen LogP contribution is 2.46. The van der Waals surface area contributed by atoms with Crippen molar-refractivity contribution in [1.82, 2.24) is 9.88 Å². The van der Waals surface area contributed by atoms with Crippen molar-refractivity contribution < 1.29 is 50.9 Å². The van der Waals surface area contributed by atoms with Crippen LogP contribution in [0.25, 0.3) is 0 Å². The number of thioether (sulfide) groups is 1. The van der Waals surface area contributed by atoms with Crippen LogP contribution in [0, 0.1) is 12.8 Å². The zero-order valence-electron chi connectivity index (χ0n) is 18.7. The Morgan fingerprint density at radius 3 is 2.11 bits per heavy atom. The van der Waals surface area contributed by atoms with Crippen molar-refractivity contribution in [3.05, 3.63) is 29.6 Å². The number of hydrogen-bond acceptors (Lipinski definition) is 6. The summed E-state index contributed by atoms with van der Waals surface area (Å²) >= 11 is 2.14. The Morgan fingerprint density at radius 2 is 1.66 bits per heavy atom. The van der Waals surface area contributed by atoms with Gasteiger partial charge in [-0.25, -0.2) is 9.59 Å². The number of carboxylic acids is 2. The first kappa shape index (κ1) is 29.2. The zero-order valence-corrected chi connectivity index (χ0v) is 19.5. The van der Waals surface area contributed by atoms with Crippen molar-refractivity contribution >= 4 is 23.7 Å². The monoisotopic (exact) mass is 532 g/mol. The summed E-state index contributed by atoms with van der Waals surface area (Å²) in [5.74, 6) is -3.43. The van der Waals surface area contributed by atoms with Gasteiger partial charge >= 0.3 is 24.3 Å². The van der Waals surface area contributed by atoms with E-state index < -0.39 is 24.3 Å². The lowest BCUT2D eigenvalue weighted by Gasteiger charge is -2.47. The molecule has 14 heteroatoms. The molecule has 3 fully saturated rings. The lowest BCUT2D eigenvalue weighted by molar-refractivity contribution is -0.193. The van der Waals surface area contributed by atoms with Crippen molar-refractivity contribution in [1.29, 1.82) is 0 Å². The number of rotatable bonds is 5. The third-order valence-electron chi connectivity index (χ3n) is 5.28. The summed E-state index contributed by atoms with van der Waals surface area (Å²) in [6.45, 7) is 6.48. The van der Waals surface area contributed by atoms with Crippen LogP contribution < -0.4 is 0 Å². The first-order valence-corrected chi connectivity index (χ1v) is 11.6. The Labute approximate surface area is 201 Å². The van der Waals surface area contributed by atoms with Gasteiger partial charge in [-0.05, 0) is 44.2 Å². The molecule has 35 heavy (non-hydrogen) atoms. The minimum absolute atomic E-state index is 0.484. The fraction of sp³-hybridized carbons (Fsp3) is 0.667. The normalized spacial score (nSPS) is 21.3. The minimum atomic E-state index is -5.08. The SMILES string of the molecule is Cc1cccc(CN2CC3(CC(OCC4CC4)CS3)C2)n1.O=C(O)C(F)(F)F.O=C(O)C(F)(F)F. The molecule has 0 bridgehead atoms. The standard InChI is InChI=1S/C17H24N2OS.2C2HF3O2/c1-13-3-2-4-15(18-13)8-19-11-17(12-19)7-16(10-21-17)20-9-14-5-6-14;2*3-2(4,5)1(6)7/h2-4,14,16H,5-12H2,1H3;2*(H,6,7). The molecular formula is C21H26F6N2O5S. The molecule has 3 aliphatic rings. The Balaban J connectivity index is 0.000000257. The molecule has 7 nitrogen and oxygen atoms in total. The van der Waals surface area contributed by atoms with Crippen molar-refractivity contribution in [2.24, 2.45) is 5.92 Å². The number of carbonyl (C=O) groups is 2. The Bertz CT molecular complexity index is 848. The van der Waals surface area contributed by atoms with E-state index >= 15 is 0 Å². The first-order valence-electron chi connectivity index (χ1n) is 10.6. The zero-order chi connectivity index (χ0) is 26.4. The average Bonchev–Trinajstić information content (AvgIpc) is 3.44. The number of nitrogens with zero attached hydrogens (tertiary/aromatic N) is 2. The van der Waals surface area contributed by atoms with Crippen LogP contribution in [0.5, 0.6) is 0 Å². The van der Waals surface area contributed by atoms with Crippen LogP contribution in [-0.2, 0) is 20.9 Å². The van der Waals surface area contributed by atoms with Crippen LogP contribution in [0.2, 0.25) is 0 Å². The summed E-state index contributed by atoms with van der Waals surface area (Å²) < 4.78 is 70.0. The van der Waals surface area contributed by atoms with Gasteiger partial charge in [0.2, 0.25) is 0 Å². The molecule has 2 saturated heterocycles. The van der Waals surface area contributed by atoms with Crippen LogP contribution in [0.1, 0.15) is 30.7 Å². The topological polar surface area (TPSA) is 100.0 Å². The third kappa shape index (κ3) is 10.2. The van der Waals surface area contributed by atoms with E-state index in [1.54, 1.807) is 0 Å². The summed E-state index contributed by atoms with van der Waals surface area (Å²) in [6, 6.07) is 6.32. The highest BCUT2D eigenvalue weighted by Gasteiger charge is 2.49. The number of likely N-dealkylation sites (tertiary alicyclic amines) is 1. The second-order valence-electron chi connectivity index (χ2n) is 8.62. The first-order chi connectivity index (χ1) is 16.1. The third-order valence-corrected chi connectivity index (χ3v) is 6.86. The maximum absolute atomic E-state index is 10.6. The molecule has 1 aromatic rings. The van der Waals surface area contributed by atoms with E-state index in [4.69, 9.17) is 24.5 Å². The van der Waals surface area contributed by atoms with Crippen LogP contribution >= 0.6 is 11.8 Å². The molecule has 3 heterocycles. The second-order valence-corrected chi connectivity index (χ2v) is 10.1. The van der Waals surface area contributed by atoms with Gasteiger partial charge in [-0.15, -0.1) is 11.8 Å². The number of alkyl halides is 6. The summed E-state index contributed by atoms with van der Waals surface area (Å²) in [7, 11) is 0. The fourth-order valence-electron chi connectivity index (χ4n) is 3.48. The van der Waals surface area contributed by atoms with Crippen LogP contribution in [0.4, 0.5) is 26.3 Å². The quantitative estimate of drug-likeness (QED) is 0.546. The maximum Gasteiger partial charge on any atom is 0.490 e. The number of carboxylic acid groups (broad SMARTS) is 2. The van der Waals surface area contributed by atoms with Gasteiger partial charge in [0.25, 0.3) is 0 Å². The fourth-order valence-corrected chi connectivity index (χ4v) is 5.09. The van der Waals surface area contributed by atoms with Gasteiger partial charge in [-0.2, -0.15) is 26.3 Å². The predicted molar refractivity (Wildman–Crippen MR) is 114 cm³/mol. The molecule has 0 amide bonds. The molecule has 1 atom stereocenters. The van der Waals surface area contributed by atoms with Crippen LogP contribution in [0.3, 0.4) is 0 Å². The van der Waals surface area contributed by atoms with Crippen molar-refractivity contribution in [2.45, 2.75) is 55.9 Å². The number of aryl methyl sites for hydroxylation is 1. The van der Waals surface area contributed by atoms with Crippen molar-refractivity contribution in [3.8, 4) is 0 Å². The van der Waals surface area contributed by atoms with E-state index in [-0.39, 0.29) is 0 Å². The van der Waals surface area contributed by atoms with Crippen molar-refractivity contribution in [2.75, 3.05) is 25.4 Å². The van der Waals surface area contributed by atoms with E-state index in [9.17, 15) is 26.3 Å². The maximum atomic E-state index is 10.6. The number of halogens is 6. The molecule has 4 rings (SSSR count). The Morgan fingerprint density at radius 1 is 1.11 bits per heavy atom. The lowest BCUT2D eigenvalue weighted by Crippen LogP contribution is -2.58. The summed E-state index contributed by atoms with van der Waals surface area (Å²) in [5, 5.41) is 14.2. The number of aromatic nitrogens is 1. The molecule has 1 aliphatic carbocycles. The van der Waals surface area contributed by atoms with Crippen molar-refractivity contribution in [3.63, 3.8) is 0 Å². The second kappa shape index (κ2) is 11.8. The molecule has 1 unspecified atom stereocenters. The molecule has 1 spiro atoms. The van der Waals surface area contributed by atoms with E-state index in [0.29, 0.717) is 10.9 Å². The highest BCUT2D eigenvalue weighted by molar-refractivity contribution is 8.01. The molecule has 2 aliphatic heterocycles. The molecule has 198 valence electrons. The van der Waals surface area contributed by atoms with Crippen LogP contribution in [-0.4, -0.2) is 80.7 Å². The van der Waals surface area contributed by atoms with Gasteiger partial charge in [0.1, 0.15) is 0 Å². The summed E-state index contributed by atoms with van der Waals surface area (Å²) in [4.78, 5) is 24.9. The molecule has 2 N–H and O–H groups in total. The average molecular weight is 533 g/mol. The molecule has 1 saturated carbocycles. The smallest absolute Gasteiger partial charge is 0.475 e. The predicted octanol–water partition coefficient (Wildman–Crippen LogP) is 4.14. The Kier molecular flexibility index (Phi) is 9.82. The number of ether oxygens (including phenoxy) is 1. The van der Waals surface area contributed by atoms with Gasteiger partial charge in [0.05, 0.1) is 11.8 Å². The largest absolute Gasteiger partial charge is 0.490 e. The van der Waals surface area contributed by atoms with Crippen LogP contribution in [0.15, 0.2) is 18.2 Å². The van der Waals surface area contributed by atoms with E-state index in [1.165, 1.54) is 43.8 Å². The molecule has 0 aromatic carbocycles. The number of hydrogen-bond donors (Lipinski definition) is 2. The number of pyridine rings is 1. The Hall–Kier alpha value is -2.06. The highest BCUT2D eigenvalue weighted by atomic mass is 32.2. The van der Waals surface area contributed by atoms with E-state index in [1.807, 2.05) is 0 Å². The van der Waals surface area contributed by atoms with E-state index in [0.717, 1.165) is 24.8 Å². The van der Waals surface area contributed by atoms with Gasteiger partial charge in [-0.3, -0.25) is 9.88 Å². The minimum Gasteiger partial charge on any atom is -0.475 e. The molecular weight excluding hydrogens is 506 g/mol. The van der Waals surface area contributed by atoms with Gasteiger partial charge < -0.3 is 14.9 Å². The summed E-state index contributed by atoms with van der Waals surface area (Å²) in [6.07, 6.45) is -5.62. The lowest BCUT2D eigenvalue weighted by atomic mass is 9.93. The van der Waals surface area contributed by atoms with Gasteiger partial charge in [-0.1, -0.05) is 6.07 Å². The molecule has 0 radical (unpaired) electrons. The van der Waals surface area contributed by atoms with E-state index in [2.05, 4.69) is 46.8 Å². The van der Waals surface area contributed by atoms with Gasteiger partial charge in [0.15, 0.2) is 0 Å². The summed E-state index contributed by atoms with van der Waals surface area (Å²) in [5.41, 5.74) is 2.32. The molecule has 1 aromatic heterocycles. The van der Waals surface area contributed by atoms with Gasteiger partial charge in [0, 0.05) is 42.4 Å². The number of aliphatic carboxylic acids is 2.